The molecule has 1 heterocycles. The predicted molar refractivity (Wildman–Crippen MR) is 84.1 cm³/mol. The molecule has 1 saturated carbocycles. The van der Waals surface area contributed by atoms with Crippen LogP contribution in [0, 0.1) is 5.92 Å². The van der Waals surface area contributed by atoms with Crippen LogP contribution in [0.4, 0.5) is 0 Å². The van der Waals surface area contributed by atoms with Crippen LogP contribution in [-0.4, -0.2) is 60.8 Å². The molecule has 0 bridgehead atoms. The smallest absolute Gasteiger partial charge is 0.234 e. The van der Waals surface area contributed by atoms with Crippen LogP contribution >= 0.6 is 0 Å². The Balaban J connectivity index is 1.76. The first-order chi connectivity index (χ1) is 10.2. The Morgan fingerprint density at radius 1 is 1.29 bits per heavy atom. The number of amides is 1. The number of nitrogens with zero attached hydrogens (tertiary/aromatic N) is 1. The molecule has 2 rings (SSSR count). The van der Waals surface area contributed by atoms with Gasteiger partial charge >= 0.3 is 0 Å². The lowest BCUT2D eigenvalue weighted by Gasteiger charge is -2.31. The van der Waals surface area contributed by atoms with E-state index in [0.29, 0.717) is 31.1 Å². The summed E-state index contributed by atoms with van der Waals surface area (Å²) in [5.41, 5.74) is 0. The largest absolute Gasteiger partial charge is 0.395 e. The number of aliphatic hydroxyl groups is 1. The highest BCUT2D eigenvalue weighted by molar-refractivity contribution is 5.78. The number of aliphatic hydroxyl groups excluding tert-OH is 1. The van der Waals surface area contributed by atoms with E-state index in [1.807, 2.05) is 0 Å². The van der Waals surface area contributed by atoms with E-state index >= 15 is 0 Å². The Labute approximate surface area is 128 Å². The van der Waals surface area contributed by atoms with Crippen molar-refractivity contribution in [2.75, 3.05) is 32.8 Å². The van der Waals surface area contributed by atoms with Gasteiger partial charge in [0.2, 0.25) is 5.91 Å². The van der Waals surface area contributed by atoms with Crippen molar-refractivity contribution in [1.82, 2.24) is 15.5 Å². The molecule has 5 nitrogen and oxygen atoms in total. The summed E-state index contributed by atoms with van der Waals surface area (Å²) in [5, 5.41) is 15.8. The number of nitrogens with one attached hydrogen (secondary N) is 2. The minimum atomic E-state index is 0.111. The summed E-state index contributed by atoms with van der Waals surface area (Å²) >= 11 is 0. The van der Waals surface area contributed by atoms with Crippen molar-refractivity contribution in [2.24, 2.45) is 5.92 Å². The van der Waals surface area contributed by atoms with Crippen LogP contribution in [0.1, 0.15) is 45.4 Å². The molecule has 3 N–H and O–H groups in total. The van der Waals surface area contributed by atoms with Gasteiger partial charge in [-0.05, 0) is 38.1 Å². The van der Waals surface area contributed by atoms with Gasteiger partial charge in [-0.1, -0.05) is 19.8 Å². The van der Waals surface area contributed by atoms with Gasteiger partial charge in [0.25, 0.3) is 0 Å². The molecule has 1 aliphatic carbocycles. The van der Waals surface area contributed by atoms with Crippen molar-refractivity contribution >= 4 is 5.91 Å². The van der Waals surface area contributed by atoms with Gasteiger partial charge in [0.1, 0.15) is 0 Å². The first kappa shape index (κ1) is 16.7. The van der Waals surface area contributed by atoms with Gasteiger partial charge in [-0.2, -0.15) is 0 Å². The van der Waals surface area contributed by atoms with E-state index in [-0.39, 0.29) is 12.5 Å². The second-order valence-electron chi connectivity index (χ2n) is 6.69. The lowest BCUT2D eigenvalue weighted by molar-refractivity contribution is -0.123. The molecular formula is C16H31N3O2. The molecule has 5 heteroatoms. The minimum absolute atomic E-state index is 0.111. The van der Waals surface area contributed by atoms with E-state index in [9.17, 15) is 9.90 Å². The van der Waals surface area contributed by atoms with E-state index in [4.69, 9.17) is 0 Å². The van der Waals surface area contributed by atoms with Crippen molar-refractivity contribution in [1.29, 1.82) is 0 Å². The van der Waals surface area contributed by atoms with Gasteiger partial charge in [0, 0.05) is 25.2 Å². The van der Waals surface area contributed by atoms with Crippen LogP contribution in [0.2, 0.25) is 0 Å². The zero-order valence-electron chi connectivity index (χ0n) is 13.3. The highest BCUT2D eigenvalue weighted by atomic mass is 16.3. The maximum absolute atomic E-state index is 12.3. The van der Waals surface area contributed by atoms with Crippen molar-refractivity contribution in [3.8, 4) is 0 Å². The third-order valence-electron chi connectivity index (χ3n) is 4.88. The highest BCUT2D eigenvalue weighted by Crippen LogP contribution is 2.23. The average Bonchev–Trinajstić information content (AvgIpc) is 2.94. The summed E-state index contributed by atoms with van der Waals surface area (Å²) in [6.45, 7) is 5.25. The Hall–Kier alpha value is -0.650. The fourth-order valence-electron chi connectivity index (χ4n) is 3.59. The van der Waals surface area contributed by atoms with Crippen LogP contribution in [-0.2, 0) is 4.79 Å². The molecule has 3 atom stereocenters. The summed E-state index contributed by atoms with van der Waals surface area (Å²) in [6, 6.07) is 0.810. The first-order valence-electron chi connectivity index (χ1n) is 8.55. The van der Waals surface area contributed by atoms with Crippen LogP contribution in [0.3, 0.4) is 0 Å². The zero-order chi connectivity index (χ0) is 15.1. The molecule has 0 radical (unpaired) electrons. The topological polar surface area (TPSA) is 64.6 Å². The predicted octanol–water partition coefficient (Wildman–Crippen LogP) is 0.728. The van der Waals surface area contributed by atoms with Gasteiger partial charge in [-0.3, -0.25) is 9.69 Å². The maximum Gasteiger partial charge on any atom is 0.234 e. The maximum atomic E-state index is 12.3. The van der Waals surface area contributed by atoms with Crippen molar-refractivity contribution in [3.63, 3.8) is 0 Å². The number of rotatable bonds is 7. The second-order valence-corrected chi connectivity index (χ2v) is 6.69. The average molecular weight is 297 g/mol. The Bertz CT molecular complexity index is 319. The molecule has 0 aromatic heterocycles. The molecule has 1 aliphatic heterocycles. The molecule has 1 amide bonds. The third-order valence-corrected chi connectivity index (χ3v) is 4.88. The lowest BCUT2D eigenvalue weighted by Crippen LogP contribution is -2.48. The molecule has 21 heavy (non-hydrogen) atoms. The quantitative estimate of drug-likeness (QED) is 0.648. The van der Waals surface area contributed by atoms with Gasteiger partial charge in [-0.25, -0.2) is 0 Å². The van der Waals surface area contributed by atoms with E-state index < -0.39 is 0 Å². The number of carbonyl (C=O) groups is 1. The standard InChI is InChI=1S/C16H31N3O2/c1-13-5-2-3-7-15(13)18-16(21)12-19(9-10-20)11-14-6-4-8-17-14/h13-15,17,20H,2-12H2,1H3,(H,18,21). The van der Waals surface area contributed by atoms with Crippen molar-refractivity contribution in [3.05, 3.63) is 0 Å². The SMILES string of the molecule is CC1CCCCC1NC(=O)CN(CCO)CC1CCCN1. The van der Waals surface area contributed by atoms with E-state index in [1.54, 1.807) is 0 Å². The molecule has 2 fully saturated rings. The fraction of sp³-hybridized carbons (Fsp3) is 0.938. The molecule has 1 saturated heterocycles. The molecule has 0 aromatic carbocycles. The Morgan fingerprint density at radius 3 is 2.76 bits per heavy atom. The van der Waals surface area contributed by atoms with E-state index in [2.05, 4.69) is 22.5 Å². The van der Waals surface area contributed by atoms with E-state index in [1.165, 1.54) is 32.1 Å². The summed E-state index contributed by atoms with van der Waals surface area (Å²) in [4.78, 5) is 14.3. The first-order valence-corrected chi connectivity index (χ1v) is 8.55. The molecule has 0 spiro atoms. The number of hydrogen-bond donors (Lipinski definition) is 3. The molecule has 122 valence electrons. The van der Waals surface area contributed by atoms with Crippen LogP contribution in [0.15, 0.2) is 0 Å². The highest BCUT2D eigenvalue weighted by Gasteiger charge is 2.24. The molecular weight excluding hydrogens is 266 g/mol. The minimum Gasteiger partial charge on any atom is -0.395 e. The van der Waals surface area contributed by atoms with Crippen molar-refractivity contribution < 1.29 is 9.90 Å². The summed E-state index contributed by atoms with van der Waals surface area (Å²) in [6.07, 6.45) is 7.22. The van der Waals surface area contributed by atoms with Crippen LogP contribution in [0.25, 0.3) is 0 Å². The summed E-state index contributed by atoms with van der Waals surface area (Å²) in [7, 11) is 0. The van der Waals surface area contributed by atoms with E-state index in [0.717, 1.165) is 19.5 Å². The Kier molecular flexibility index (Phi) is 6.93. The molecule has 0 aromatic rings. The number of hydrogen-bond acceptors (Lipinski definition) is 4. The van der Waals surface area contributed by atoms with Gasteiger partial charge in [-0.15, -0.1) is 0 Å². The fourth-order valence-corrected chi connectivity index (χ4v) is 3.59. The summed E-state index contributed by atoms with van der Waals surface area (Å²) < 4.78 is 0. The van der Waals surface area contributed by atoms with Gasteiger partial charge < -0.3 is 15.7 Å². The lowest BCUT2D eigenvalue weighted by atomic mass is 9.86. The van der Waals surface area contributed by atoms with Crippen LogP contribution in [0.5, 0.6) is 0 Å². The normalized spacial score (nSPS) is 29.8. The Morgan fingerprint density at radius 2 is 2.10 bits per heavy atom. The zero-order valence-corrected chi connectivity index (χ0v) is 13.3. The molecule has 2 aliphatic rings. The molecule has 3 unspecified atom stereocenters. The van der Waals surface area contributed by atoms with Crippen molar-refractivity contribution in [2.45, 2.75) is 57.5 Å². The second kappa shape index (κ2) is 8.71. The monoisotopic (exact) mass is 297 g/mol. The summed E-state index contributed by atoms with van der Waals surface area (Å²) in [5.74, 6) is 0.700. The van der Waals surface area contributed by atoms with Gasteiger partial charge in [0.05, 0.1) is 13.2 Å². The third kappa shape index (κ3) is 5.57. The van der Waals surface area contributed by atoms with Gasteiger partial charge in [0.15, 0.2) is 0 Å². The van der Waals surface area contributed by atoms with Crippen LogP contribution < -0.4 is 10.6 Å². The number of carbonyl (C=O) groups excluding carboxylic acids is 1.